The van der Waals surface area contributed by atoms with Gasteiger partial charge in [-0.25, -0.2) is 13.6 Å². The van der Waals surface area contributed by atoms with E-state index in [9.17, 15) is 13.6 Å². The van der Waals surface area contributed by atoms with Crippen molar-refractivity contribution in [2.75, 3.05) is 31.3 Å². The average Bonchev–Trinajstić information content (AvgIpc) is 2.89. The van der Waals surface area contributed by atoms with Gasteiger partial charge in [0.2, 0.25) is 0 Å². The molecular formula is C15H15F2NO4. The Kier molecular flexibility index (Phi) is 4.08. The number of benzene rings is 1. The molecule has 1 fully saturated rings. The van der Waals surface area contributed by atoms with E-state index in [-0.39, 0.29) is 24.4 Å². The minimum atomic E-state index is -0.733. The second-order valence-electron chi connectivity index (χ2n) is 5.14. The van der Waals surface area contributed by atoms with E-state index >= 15 is 0 Å². The van der Waals surface area contributed by atoms with Crippen LogP contribution < -0.4 is 4.90 Å². The number of hydrogen-bond donors (Lipinski definition) is 1. The molecule has 5 nitrogen and oxygen atoms in total. The number of carbonyl (C=O) groups excluding carboxylic acids is 1. The number of carbonyl (C=O) groups is 1. The van der Waals surface area contributed by atoms with Crippen LogP contribution in [0.3, 0.4) is 0 Å². The average molecular weight is 311 g/mol. The predicted molar refractivity (Wildman–Crippen MR) is 74.5 cm³/mol. The summed E-state index contributed by atoms with van der Waals surface area (Å²) in [7, 11) is 0. The molecule has 1 saturated heterocycles. The second kappa shape index (κ2) is 6.02. The van der Waals surface area contributed by atoms with Gasteiger partial charge >= 0.3 is 6.09 Å². The van der Waals surface area contributed by atoms with Crippen molar-refractivity contribution in [1.29, 1.82) is 0 Å². The van der Waals surface area contributed by atoms with E-state index in [4.69, 9.17) is 14.6 Å². The monoisotopic (exact) mass is 311 g/mol. The number of halogens is 2. The fourth-order valence-corrected chi connectivity index (χ4v) is 2.60. The summed E-state index contributed by atoms with van der Waals surface area (Å²) < 4.78 is 38.6. The molecule has 1 aromatic carbocycles. The Morgan fingerprint density at radius 3 is 2.59 bits per heavy atom. The smallest absolute Gasteiger partial charge is 0.414 e. The highest BCUT2D eigenvalue weighted by Gasteiger charge is 2.33. The third-order valence-corrected chi connectivity index (χ3v) is 3.70. The van der Waals surface area contributed by atoms with Crippen molar-refractivity contribution in [3.8, 4) is 0 Å². The highest BCUT2D eigenvalue weighted by Crippen LogP contribution is 2.31. The van der Waals surface area contributed by atoms with Crippen LogP contribution in [0.25, 0.3) is 5.57 Å². The summed E-state index contributed by atoms with van der Waals surface area (Å²) in [5.74, 6) is -1.47. The van der Waals surface area contributed by atoms with Gasteiger partial charge < -0.3 is 14.6 Å². The van der Waals surface area contributed by atoms with Crippen LogP contribution in [0.4, 0.5) is 19.3 Å². The Morgan fingerprint density at radius 2 is 2.05 bits per heavy atom. The van der Waals surface area contributed by atoms with E-state index in [1.54, 1.807) is 6.08 Å². The molecule has 1 N–H and O–H groups in total. The van der Waals surface area contributed by atoms with Crippen LogP contribution in [0.15, 0.2) is 18.2 Å². The molecule has 2 aliphatic heterocycles. The molecule has 0 bridgehead atoms. The Morgan fingerprint density at radius 1 is 1.32 bits per heavy atom. The highest BCUT2D eigenvalue weighted by atomic mass is 19.1. The lowest BCUT2D eigenvalue weighted by Crippen LogP contribution is -2.25. The number of amides is 1. The number of cyclic esters (lactones) is 1. The van der Waals surface area contributed by atoms with E-state index in [1.807, 2.05) is 0 Å². The summed E-state index contributed by atoms with van der Waals surface area (Å²) in [5, 5.41) is 9.00. The largest absolute Gasteiger partial charge is 0.441 e. The van der Waals surface area contributed by atoms with E-state index in [0.717, 1.165) is 17.0 Å². The minimum Gasteiger partial charge on any atom is -0.441 e. The van der Waals surface area contributed by atoms with Gasteiger partial charge in [-0.15, -0.1) is 0 Å². The zero-order chi connectivity index (χ0) is 15.7. The maximum absolute atomic E-state index is 14.3. The molecule has 22 heavy (non-hydrogen) atoms. The molecule has 0 aromatic heterocycles. The molecule has 2 aliphatic rings. The lowest BCUT2D eigenvalue weighted by molar-refractivity contribution is 0.0963. The van der Waals surface area contributed by atoms with Crippen molar-refractivity contribution >= 4 is 17.4 Å². The van der Waals surface area contributed by atoms with Crippen LogP contribution >= 0.6 is 0 Å². The Labute approximate surface area is 125 Å². The number of aliphatic hydroxyl groups excluding tert-OH is 1. The van der Waals surface area contributed by atoms with Gasteiger partial charge in [0.15, 0.2) is 0 Å². The third-order valence-electron chi connectivity index (χ3n) is 3.70. The van der Waals surface area contributed by atoms with Crippen LogP contribution in [-0.4, -0.2) is 43.7 Å². The van der Waals surface area contributed by atoms with Gasteiger partial charge in [0, 0.05) is 5.56 Å². The van der Waals surface area contributed by atoms with Crippen LogP contribution in [0.2, 0.25) is 0 Å². The molecule has 0 aliphatic carbocycles. The van der Waals surface area contributed by atoms with Crippen molar-refractivity contribution in [3.05, 3.63) is 35.4 Å². The SMILES string of the molecule is O=C1O[C@@H](CO)CN1c1cc(F)c(C2=CCOCC2)c(F)c1. The fourth-order valence-electron chi connectivity index (χ4n) is 2.60. The van der Waals surface area contributed by atoms with Gasteiger partial charge in [-0.3, -0.25) is 4.90 Å². The first kappa shape index (κ1) is 14.9. The summed E-state index contributed by atoms with van der Waals surface area (Å²) >= 11 is 0. The van der Waals surface area contributed by atoms with Gasteiger partial charge in [0.05, 0.1) is 32.1 Å². The molecular weight excluding hydrogens is 296 g/mol. The van der Waals surface area contributed by atoms with E-state index in [0.29, 0.717) is 25.2 Å². The first-order valence-electron chi connectivity index (χ1n) is 6.95. The maximum atomic E-state index is 14.3. The minimum absolute atomic E-state index is 0.0596. The van der Waals surface area contributed by atoms with Gasteiger partial charge in [-0.1, -0.05) is 6.08 Å². The number of anilines is 1. The lowest BCUT2D eigenvalue weighted by atomic mass is 9.99. The topological polar surface area (TPSA) is 59.0 Å². The van der Waals surface area contributed by atoms with Crippen LogP contribution in [0.5, 0.6) is 0 Å². The molecule has 2 heterocycles. The number of nitrogens with zero attached hydrogens (tertiary/aromatic N) is 1. The molecule has 0 unspecified atom stereocenters. The third kappa shape index (κ3) is 2.69. The number of hydrogen-bond acceptors (Lipinski definition) is 4. The first-order valence-corrected chi connectivity index (χ1v) is 6.95. The molecule has 0 radical (unpaired) electrons. The molecule has 1 amide bonds. The fraction of sp³-hybridized carbons (Fsp3) is 0.400. The summed E-state index contributed by atoms with van der Waals surface area (Å²) in [6, 6.07) is 2.21. The molecule has 118 valence electrons. The van der Waals surface area contributed by atoms with Crippen molar-refractivity contribution in [2.24, 2.45) is 0 Å². The highest BCUT2D eigenvalue weighted by molar-refractivity contribution is 5.90. The zero-order valence-corrected chi connectivity index (χ0v) is 11.7. The van der Waals surface area contributed by atoms with Crippen LogP contribution in [0, 0.1) is 11.6 Å². The van der Waals surface area contributed by atoms with E-state index < -0.39 is 23.8 Å². The van der Waals surface area contributed by atoms with Crippen molar-refractivity contribution < 1.29 is 28.2 Å². The van der Waals surface area contributed by atoms with Crippen LogP contribution in [-0.2, 0) is 9.47 Å². The molecule has 1 atom stereocenters. The normalized spacial score (nSPS) is 21.8. The quantitative estimate of drug-likeness (QED) is 0.928. The summed E-state index contributed by atoms with van der Waals surface area (Å²) in [6.07, 6.45) is 0.676. The van der Waals surface area contributed by atoms with Gasteiger partial charge in [0.1, 0.15) is 17.7 Å². The molecule has 0 saturated carbocycles. The standard InChI is InChI=1S/C15H15F2NO4/c16-12-5-10(18-7-11(8-19)22-15(18)20)6-13(17)14(12)9-1-3-21-4-2-9/h1,5-6,11,19H,2-4,7-8H2/t11-/m1/s1. The molecule has 1 aromatic rings. The summed E-state index contributed by atoms with van der Waals surface area (Å²) in [4.78, 5) is 12.8. The van der Waals surface area contributed by atoms with Crippen molar-refractivity contribution in [3.63, 3.8) is 0 Å². The van der Waals surface area contributed by atoms with E-state index in [1.165, 1.54) is 0 Å². The number of ether oxygens (including phenoxy) is 2. The lowest BCUT2D eigenvalue weighted by Gasteiger charge is -2.18. The maximum Gasteiger partial charge on any atom is 0.414 e. The van der Waals surface area contributed by atoms with Crippen molar-refractivity contribution in [2.45, 2.75) is 12.5 Å². The Balaban J connectivity index is 1.93. The Hall–Kier alpha value is -1.99. The van der Waals surface area contributed by atoms with Gasteiger partial charge in [-0.2, -0.15) is 0 Å². The zero-order valence-electron chi connectivity index (χ0n) is 11.7. The summed E-state index contributed by atoms with van der Waals surface area (Å²) in [5.41, 5.74) is 0.552. The number of aliphatic hydroxyl groups is 1. The first-order chi connectivity index (χ1) is 10.6. The van der Waals surface area contributed by atoms with Crippen molar-refractivity contribution in [1.82, 2.24) is 0 Å². The molecule has 0 spiro atoms. The summed E-state index contributed by atoms with van der Waals surface area (Å²) in [6.45, 7) is 0.470. The molecule has 7 heteroatoms. The number of rotatable bonds is 3. The van der Waals surface area contributed by atoms with Crippen LogP contribution in [0.1, 0.15) is 12.0 Å². The predicted octanol–water partition coefficient (Wildman–Crippen LogP) is 2.09. The Bertz CT molecular complexity index is 609. The van der Waals surface area contributed by atoms with E-state index in [2.05, 4.69) is 0 Å². The van der Waals surface area contributed by atoms with Gasteiger partial charge in [0.25, 0.3) is 0 Å². The second-order valence-corrected chi connectivity index (χ2v) is 5.14. The molecule has 3 rings (SSSR count). The van der Waals surface area contributed by atoms with Gasteiger partial charge in [-0.05, 0) is 24.1 Å².